The van der Waals surface area contributed by atoms with Gasteiger partial charge in [-0.1, -0.05) is 0 Å². The summed E-state index contributed by atoms with van der Waals surface area (Å²) in [6.45, 7) is -4.81. The van der Waals surface area contributed by atoms with Crippen molar-refractivity contribution in [2.24, 2.45) is 0 Å². The summed E-state index contributed by atoms with van der Waals surface area (Å²) < 4.78 is 63.0. The zero-order valence-electron chi connectivity index (χ0n) is 21.3. The van der Waals surface area contributed by atoms with Crippen molar-refractivity contribution >= 4 is 15.2 Å². The molecule has 194 valence electrons. The Morgan fingerprint density at radius 2 is 1.19 bits per heavy atom. The van der Waals surface area contributed by atoms with Gasteiger partial charge in [-0.2, -0.15) is 0 Å². The Balaban J connectivity index is 1.80. The molecule has 0 aliphatic carbocycles. The summed E-state index contributed by atoms with van der Waals surface area (Å²) in [6, 6.07) is 9.07. The van der Waals surface area contributed by atoms with Crippen LogP contribution in [0.5, 0.6) is 0 Å². The summed E-state index contributed by atoms with van der Waals surface area (Å²) in [4.78, 5) is 26.6. The van der Waals surface area contributed by atoms with Crippen LogP contribution in [0.4, 0.5) is 0 Å². The van der Waals surface area contributed by atoms with Crippen molar-refractivity contribution in [1.29, 1.82) is 0 Å². The number of hydrogen-bond acceptors (Lipinski definition) is 10. The maximum Gasteiger partial charge on any atom is 0.377 e. The molecular formula is C23H25N5O7P2. The van der Waals surface area contributed by atoms with Crippen LogP contribution >= 0.6 is 15.2 Å². The molecule has 4 heterocycles. The first-order valence-electron chi connectivity index (χ1n) is 11.8. The van der Waals surface area contributed by atoms with Crippen molar-refractivity contribution in [2.75, 3.05) is 0 Å². The van der Waals surface area contributed by atoms with Crippen molar-refractivity contribution in [3.05, 3.63) is 109 Å². The number of imidazole rings is 1. The molecule has 0 aliphatic rings. The van der Waals surface area contributed by atoms with Crippen molar-refractivity contribution in [3.8, 4) is 0 Å². The van der Waals surface area contributed by atoms with Crippen LogP contribution in [0.25, 0.3) is 0 Å². The first-order chi connectivity index (χ1) is 18.6. The standard InChI is InChI=1S/C23H25N5O7P2/c29-23(18-28-14-13-27-19-28,36(30,31)33-15-20-1-7-24-8-2-20)37(32,34-16-21-3-9-25-10-4-21)35-17-22-5-11-26-12-6-22/h1-14,19,29H,15-18H2,(H,30,31)/i18D2. The zero-order chi connectivity index (χ0) is 28.0. The van der Waals surface area contributed by atoms with Gasteiger partial charge in [0.2, 0.25) is 0 Å². The molecule has 2 atom stereocenters. The molecule has 0 saturated carbocycles. The van der Waals surface area contributed by atoms with E-state index in [-0.39, 0.29) is 0 Å². The smallest absolute Gasteiger partial charge is 0.366 e. The highest BCUT2D eigenvalue weighted by atomic mass is 31.2. The van der Waals surface area contributed by atoms with Crippen LogP contribution in [0, 0.1) is 0 Å². The fourth-order valence-corrected chi connectivity index (χ4v) is 6.82. The van der Waals surface area contributed by atoms with Gasteiger partial charge >= 0.3 is 15.2 Å². The second-order valence-corrected chi connectivity index (χ2v) is 12.1. The van der Waals surface area contributed by atoms with Crippen molar-refractivity contribution in [2.45, 2.75) is 31.4 Å². The first kappa shape index (κ1) is 24.3. The van der Waals surface area contributed by atoms with Crippen LogP contribution in [-0.4, -0.2) is 39.6 Å². The Morgan fingerprint density at radius 3 is 1.59 bits per heavy atom. The lowest BCUT2D eigenvalue weighted by Crippen LogP contribution is -2.36. The fraction of sp³-hybridized carbons (Fsp3) is 0.217. The number of pyridine rings is 3. The fourth-order valence-electron chi connectivity index (χ4n) is 3.00. The minimum Gasteiger partial charge on any atom is -0.366 e. The third kappa shape index (κ3) is 6.63. The minimum absolute atomic E-state index is 0.384. The summed E-state index contributed by atoms with van der Waals surface area (Å²) in [6.07, 6.45) is 11.8. The highest BCUT2D eigenvalue weighted by molar-refractivity contribution is 7.73. The highest BCUT2D eigenvalue weighted by Crippen LogP contribution is 2.75. The summed E-state index contributed by atoms with van der Waals surface area (Å²) in [5.41, 5.74) is 1.23. The molecule has 4 aromatic rings. The van der Waals surface area contributed by atoms with E-state index in [1.807, 2.05) is 0 Å². The molecule has 2 N–H and O–H groups in total. The molecule has 0 bridgehead atoms. The summed E-state index contributed by atoms with van der Waals surface area (Å²) in [5.74, 6) is 0. The number of rotatable bonds is 13. The van der Waals surface area contributed by atoms with Crippen molar-refractivity contribution < 1.29 is 35.4 Å². The van der Waals surface area contributed by atoms with Gasteiger partial charge in [-0.25, -0.2) is 4.98 Å². The predicted octanol–water partition coefficient (Wildman–Crippen LogP) is 3.74. The van der Waals surface area contributed by atoms with Crippen LogP contribution in [-0.2, 0) is 49.0 Å². The summed E-state index contributed by atoms with van der Waals surface area (Å²) in [7, 11) is -11.0. The third-order valence-electron chi connectivity index (χ3n) is 5.02. The van der Waals surface area contributed by atoms with Gasteiger partial charge < -0.3 is 28.1 Å². The molecule has 0 fully saturated rings. The van der Waals surface area contributed by atoms with Crippen LogP contribution in [0.15, 0.2) is 92.3 Å². The topological polar surface area (TPSA) is 159 Å². The Morgan fingerprint density at radius 1 is 0.757 bits per heavy atom. The Bertz CT molecular complexity index is 1390. The van der Waals surface area contributed by atoms with E-state index in [2.05, 4.69) is 19.9 Å². The Hall–Kier alpha value is -3.08. The lowest BCUT2D eigenvalue weighted by Gasteiger charge is -2.36. The quantitative estimate of drug-likeness (QED) is 0.235. The SMILES string of the molecule is [2H]C([2H])(n1ccnc1)C(O)(P(=O)(O)OCc1ccncc1)P(=O)(OCc1ccncc1)OCc1ccncc1. The molecule has 14 heteroatoms. The van der Waals surface area contributed by atoms with Gasteiger partial charge in [0.05, 0.1) is 35.4 Å². The van der Waals surface area contributed by atoms with Gasteiger partial charge in [-0.15, -0.1) is 0 Å². The van der Waals surface area contributed by atoms with Gasteiger partial charge in [-0.3, -0.25) is 24.1 Å². The monoisotopic (exact) mass is 547 g/mol. The minimum atomic E-state index is -5.63. The largest absolute Gasteiger partial charge is 0.377 e. The van der Waals surface area contributed by atoms with E-state index in [9.17, 15) is 19.1 Å². The summed E-state index contributed by atoms with van der Waals surface area (Å²) >= 11 is 0. The van der Waals surface area contributed by atoms with Gasteiger partial charge in [0.15, 0.2) is 0 Å². The Kier molecular flexibility index (Phi) is 7.86. The van der Waals surface area contributed by atoms with E-state index in [4.69, 9.17) is 16.3 Å². The normalized spacial score (nSPS) is 16.3. The molecule has 2 unspecified atom stereocenters. The van der Waals surface area contributed by atoms with Gasteiger partial charge in [0, 0.05) is 49.6 Å². The van der Waals surface area contributed by atoms with Gasteiger partial charge in [-0.05, 0) is 53.1 Å². The van der Waals surface area contributed by atoms with E-state index in [0.29, 0.717) is 21.3 Å². The highest BCUT2D eigenvalue weighted by Gasteiger charge is 2.64. The Labute approximate surface area is 215 Å². The van der Waals surface area contributed by atoms with Crippen LogP contribution in [0.3, 0.4) is 0 Å². The van der Waals surface area contributed by atoms with E-state index < -0.39 is 46.6 Å². The zero-order valence-corrected chi connectivity index (χ0v) is 21.1. The lowest BCUT2D eigenvalue weighted by molar-refractivity contribution is 0.0713. The number of hydrogen-bond donors (Lipinski definition) is 2. The molecule has 0 radical (unpaired) electrons. The number of aliphatic hydroxyl groups is 1. The average Bonchev–Trinajstić information content (AvgIpc) is 3.51. The van der Waals surface area contributed by atoms with Gasteiger partial charge in [0.1, 0.15) is 0 Å². The lowest BCUT2D eigenvalue weighted by atomic mass is 10.3. The molecule has 0 amide bonds. The van der Waals surface area contributed by atoms with Crippen molar-refractivity contribution in [1.82, 2.24) is 24.5 Å². The maximum absolute atomic E-state index is 14.6. The molecule has 4 rings (SSSR count). The second-order valence-electron chi connectivity index (χ2n) is 7.62. The molecule has 0 aromatic carbocycles. The predicted molar refractivity (Wildman–Crippen MR) is 132 cm³/mol. The summed E-state index contributed by atoms with van der Waals surface area (Å²) in [5, 5.41) is 8.20. The number of nitrogens with zero attached hydrogens (tertiary/aromatic N) is 5. The van der Waals surface area contributed by atoms with Crippen LogP contribution < -0.4 is 0 Å². The molecule has 0 aliphatic heterocycles. The molecule has 0 saturated heterocycles. The van der Waals surface area contributed by atoms with E-state index in [0.717, 1.165) is 12.5 Å². The third-order valence-corrected chi connectivity index (χ3v) is 9.68. The van der Waals surface area contributed by atoms with Crippen molar-refractivity contribution in [3.63, 3.8) is 0 Å². The average molecular weight is 547 g/mol. The second kappa shape index (κ2) is 12.0. The number of aromatic nitrogens is 5. The van der Waals surface area contributed by atoms with E-state index in [1.54, 1.807) is 0 Å². The molecule has 37 heavy (non-hydrogen) atoms. The first-order valence-corrected chi connectivity index (χ1v) is 14.0. The molecule has 0 spiro atoms. The van der Waals surface area contributed by atoms with E-state index in [1.165, 1.54) is 79.8 Å². The molecular weight excluding hydrogens is 520 g/mol. The maximum atomic E-state index is 14.6. The van der Waals surface area contributed by atoms with E-state index >= 15 is 0 Å². The van der Waals surface area contributed by atoms with Crippen LogP contribution in [0.1, 0.15) is 19.4 Å². The van der Waals surface area contributed by atoms with Gasteiger partial charge in [0.25, 0.3) is 5.08 Å². The molecule has 4 aromatic heterocycles. The van der Waals surface area contributed by atoms with Crippen LogP contribution in [0.2, 0.25) is 0 Å². The molecule has 12 nitrogen and oxygen atoms in total.